The van der Waals surface area contributed by atoms with E-state index >= 15 is 0 Å². The molecular formula is C22H17N3. The molecule has 0 atom stereocenters. The zero-order valence-corrected chi connectivity index (χ0v) is 13.7. The fourth-order valence-electron chi connectivity index (χ4n) is 2.76. The van der Waals surface area contributed by atoms with Gasteiger partial charge in [0.15, 0.2) is 0 Å². The van der Waals surface area contributed by atoms with Gasteiger partial charge in [-0.2, -0.15) is 15.0 Å². The maximum absolute atomic E-state index is 4.31. The van der Waals surface area contributed by atoms with Crippen molar-refractivity contribution in [2.24, 2.45) is 0 Å². The Bertz CT molecular complexity index is 972. The Kier molecular flexibility index (Phi) is 4.21. The maximum atomic E-state index is 4.31. The summed E-state index contributed by atoms with van der Waals surface area (Å²) in [6.45, 7) is 0. The van der Waals surface area contributed by atoms with Gasteiger partial charge in [0.05, 0.1) is 18.1 Å². The molecule has 120 valence electrons. The molecule has 0 saturated heterocycles. The zero-order valence-electron chi connectivity index (χ0n) is 13.7. The van der Waals surface area contributed by atoms with Gasteiger partial charge >= 0.3 is 0 Å². The van der Waals surface area contributed by atoms with E-state index in [1.54, 1.807) is 17.2 Å². The molecule has 0 bridgehead atoms. The molecule has 0 aliphatic heterocycles. The SMILES string of the molecule is C(=Cc1ccc(-c2ccccc2)cc1-n1nccn1)c1ccccc1. The maximum Gasteiger partial charge on any atom is 0.0935 e. The van der Waals surface area contributed by atoms with Crippen molar-refractivity contribution in [2.75, 3.05) is 0 Å². The average Bonchev–Trinajstić information content (AvgIpc) is 3.22. The lowest BCUT2D eigenvalue weighted by Gasteiger charge is -2.09. The van der Waals surface area contributed by atoms with Crippen LogP contribution in [0.1, 0.15) is 11.1 Å². The van der Waals surface area contributed by atoms with E-state index in [2.05, 4.69) is 64.8 Å². The second-order valence-corrected chi connectivity index (χ2v) is 5.70. The standard InChI is InChI=1S/C22H17N3/c1-3-7-18(8-4-1)11-12-20-13-14-21(19-9-5-2-6-10-19)17-22(20)25-23-15-16-24-25/h1-17H. The number of hydrogen-bond donors (Lipinski definition) is 0. The highest BCUT2D eigenvalue weighted by atomic mass is 15.5. The van der Waals surface area contributed by atoms with E-state index in [9.17, 15) is 0 Å². The Morgan fingerprint density at radius 3 is 2.04 bits per heavy atom. The van der Waals surface area contributed by atoms with Crippen molar-refractivity contribution in [3.05, 3.63) is 102 Å². The van der Waals surface area contributed by atoms with Gasteiger partial charge in [-0.1, -0.05) is 84.9 Å². The predicted molar refractivity (Wildman–Crippen MR) is 102 cm³/mol. The third kappa shape index (κ3) is 3.40. The number of benzene rings is 3. The van der Waals surface area contributed by atoms with Crippen molar-refractivity contribution >= 4 is 12.2 Å². The summed E-state index contributed by atoms with van der Waals surface area (Å²) in [5.74, 6) is 0. The zero-order chi connectivity index (χ0) is 16.9. The lowest BCUT2D eigenvalue weighted by atomic mass is 10.0. The molecule has 25 heavy (non-hydrogen) atoms. The summed E-state index contributed by atoms with van der Waals surface area (Å²) in [6.07, 6.45) is 7.59. The Morgan fingerprint density at radius 2 is 1.32 bits per heavy atom. The summed E-state index contributed by atoms with van der Waals surface area (Å²) >= 11 is 0. The van der Waals surface area contributed by atoms with Crippen molar-refractivity contribution < 1.29 is 0 Å². The van der Waals surface area contributed by atoms with Crippen molar-refractivity contribution in [3.63, 3.8) is 0 Å². The predicted octanol–water partition coefficient (Wildman–Crippen LogP) is 5.10. The van der Waals surface area contributed by atoms with Crippen LogP contribution in [0.3, 0.4) is 0 Å². The Balaban J connectivity index is 1.77. The van der Waals surface area contributed by atoms with Crippen LogP contribution < -0.4 is 0 Å². The van der Waals surface area contributed by atoms with Gasteiger partial charge in [0.25, 0.3) is 0 Å². The van der Waals surface area contributed by atoms with Gasteiger partial charge in [-0.25, -0.2) is 0 Å². The lowest BCUT2D eigenvalue weighted by molar-refractivity contribution is 0.751. The van der Waals surface area contributed by atoms with E-state index < -0.39 is 0 Å². The highest BCUT2D eigenvalue weighted by Gasteiger charge is 2.07. The van der Waals surface area contributed by atoms with Gasteiger partial charge in [0.2, 0.25) is 0 Å². The van der Waals surface area contributed by atoms with Crippen molar-refractivity contribution in [3.8, 4) is 16.8 Å². The molecule has 1 heterocycles. The Hall–Kier alpha value is -3.46. The average molecular weight is 323 g/mol. The minimum absolute atomic E-state index is 0.957. The summed E-state index contributed by atoms with van der Waals surface area (Å²) in [7, 11) is 0. The number of aromatic nitrogens is 3. The van der Waals surface area contributed by atoms with Gasteiger partial charge in [-0.15, -0.1) is 0 Å². The fourth-order valence-corrected chi connectivity index (χ4v) is 2.76. The Morgan fingerprint density at radius 1 is 0.640 bits per heavy atom. The molecule has 0 N–H and O–H groups in total. The Labute approximate surface area is 146 Å². The number of rotatable bonds is 4. The first kappa shape index (κ1) is 15.1. The minimum atomic E-state index is 0.957. The monoisotopic (exact) mass is 323 g/mol. The van der Waals surface area contributed by atoms with Crippen molar-refractivity contribution in [1.82, 2.24) is 15.0 Å². The third-order valence-electron chi connectivity index (χ3n) is 4.03. The molecule has 0 aliphatic rings. The molecule has 0 saturated carbocycles. The van der Waals surface area contributed by atoms with Gasteiger partial charge in [-0.05, 0) is 22.8 Å². The smallest absolute Gasteiger partial charge is 0.0935 e. The minimum Gasteiger partial charge on any atom is -0.157 e. The summed E-state index contributed by atoms with van der Waals surface area (Å²) < 4.78 is 0. The summed E-state index contributed by atoms with van der Waals surface area (Å²) in [6, 6.07) is 27.0. The van der Waals surface area contributed by atoms with Crippen LogP contribution in [0.4, 0.5) is 0 Å². The van der Waals surface area contributed by atoms with Crippen LogP contribution in [0.2, 0.25) is 0 Å². The highest BCUT2D eigenvalue weighted by Crippen LogP contribution is 2.25. The molecule has 1 aromatic heterocycles. The summed E-state index contributed by atoms with van der Waals surface area (Å²) in [4.78, 5) is 1.66. The molecule has 3 aromatic carbocycles. The van der Waals surface area contributed by atoms with E-state index in [1.807, 2.05) is 36.4 Å². The van der Waals surface area contributed by atoms with Crippen molar-refractivity contribution in [1.29, 1.82) is 0 Å². The van der Waals surface area contributed by atoms with Crippen LogP contribution in [0.5, 0.6) is 0 Å². The molecule has 4 aromatic rings. The third-order valence-corrected chi connectivity index (χ3v) is 4.03. The molecule has 0 spiro atoms. The first-order chi connectivity index (χ1) is 12.4. The molecule has 3 heteroatoms. The van der Waals surface area contributed by atoms with E-state index in [1.165, 1.54) is 5.56 Å². The van der Waals surface area contributed by atoms with Crippen LogP contribution in [0, 0.1) is 0 Å². The molecular weight excluding hydrogens is 306 g/mol. The largest absolute Gasteiger partial charge is 0.157 e. The van der Waals surface area contributed by atoms with E-state index in [0.29, 0.717) is 0 Å². The second-order valence-electron chi connectivity index (χ2n) is 5.70. The van der Waals surface area contributed by atoms with E-state index in [0.717, 1.165) is 22.4 Å². The molecule has 0 radical (unpaired) electrons. The molecule has 0 fully saturated rings. The van der Waals surface area contributed by atoms with Crippen LogP contribution in [-0.4, -0.2) is 15.0 Å². The van der Waals surface area contributed by atoms with Gasteiger partial charge in [0, 0.05) is 5.56 Å². The summed E-state index contributed by atoms with van der Waals surface area (Å²) in [5.41, 5.74) is 5.51. The van der Waals surface area contributed by atoms with Crippen LogP contribution in [0.15, 0.2) is 91.3 Å². The fraction of sp³-hybridized carbons (Fsp3) is 0. The highest BCUT2D eigenvalue weighted by molar-refractivity contribution is 5.77. The molecule has 0 aliphatic carbocycles. The normalized spacial score (nSPS) is 11.0. The van der Waals surface area contributed by atoms with Crippen LogP contribution >= 0.6 is 0 Å². The van der Waals surface area contributed by atoms with E-state index in [4.69, 9.17) is 0 Å². The topological polar surface area (TPSA) is 30.7 Å². The lowest BCUT2D eigenvalue weighted by Crippen LogP contribution is -2.01. The van der Waals surface area contributed by atoms with E-state index in [-0.39, 0.29) is 0 Å². The van der Waals surface area contributed by atoms with Crippen LogP contribution in [0.25, 0.3) is 29.0 Å². The first-order valence-electron chi connectivity index (χ1n) is 8.19. The molecule has 3 nitrogen and oxygen atoms in total. The molecule has 4 rings (SSSR count). The molecule has 0 unspecified atom stereocenters. The summed E-state index contributed by atoms with van der Waals surface area (Å²) in [5, 5.41) is 8.62. The first-order valence-corrected chi connectivity index (χ1v) is 8.19. The molecule has 0 amide bonds. The van der Waals surface area contributed by atoms with Gasteiger partial charge in [0.1, 0.15) is 0 Å². The van der Waals surface area contributed by atoms with Gasteiger partial charge in [-0.3, -0.25) is 0 Å². The second kappa shape index (κ2) is 6.97. The number of nitrogens with zero attached hydrogens (tertiary/aromatic N) is 3. The quantitative estimate of drug-likeness (QED) is 0.489. The van der Waals surface area contributed by atoms with Gasteiger partial charge < -0.3 is 0 Å². The number of hydrogen-bond acceptors (Lipinski definition) is 2. The van der Waals surface area contributed by atoms with Crippen LogP contribution in [-0.2, 0) is 0 Å². The van der Waals surface area contributed by atoms with Crippen molar-refractivity contribution in [2.45, 2.75) is 0 Å².